The molecule has 0 aliphatic rings. The van der Waals surface area contributed by atoms with Gasteiger partial charge in [0, 0.05) is 20.6 Å². The number of nitrogens with one attached hydrogen (secondary N) is 1. The zero-order valence-corrected chi connectivity index (χ0v) is 12.3. The summed E-state index contributed by atoms with van der Waals surface area (Å²) >= 11 is 0. The van der Waals surface area contributed by atoms with Gasteiger partial charge in [-0.3, -0.25) is 0 Å². The van der Waals surface area contributed by atoms with E-state index in [-0.39, 0.29) is 6.54 Å². The van der Waals surface area contributed by atoms with Gasteiger partial charge in [-0.25, -0.2) is 0 Å². The topological polar surface area (TPSA) is 58.6 Å². The summed E-state index contributed by atoms with van der Waals surface area (Å²) in [6.45, 7) is 4.14. The van der Waals surface area contributed by atoms with E-state index in [1.807, 2.05) is 26.0 Å². The molecule has 0 fully saturated rings. The van der Waals surface area contributed by atoms with E-state index >= 15 is 0 Å². The normalized spacial score (nSPS) is 11.9. The van der Waals surface area contributed by atoms with Crippen molar-refractivity contribution in [3.8, 4) is 5.75 Å². The van der Waals surface area contributed by atoms with Crippen molar-refractivity contribution in [3.63, 3.8) is 0 Å². The highest BCUT2D eigenvalue weighted by molar-refractivity contribution is 7.87. The molecule has 0 saturated carbocycles. The maximum atomic E-state index is 11.6. The lowest BCUT2D eigenvalue weighted by Gasteiger charge is -2.15. The summed E-state index contributed by atoms with van der Waals surface area (Å²) in [4.78, 5) is 0. The SMILES string of the molecule is COc1cc(C)c(CNS(=O)(=O)N(C)C)cc1C. The van der Waals surface area contributed by atoms with E-state index in [4.69, 9.17) is 4.74 Å². The molecule has 0 aliphatic carbocycles. The van der Waals surface area contributed by atoms with Crippen LogP contribution in [0.25, 0.3) is 0 Å². The molecule has 0 amide bonds. The second kappa shape index (κ2) is 5.69. The average Bonchev–Trinajstić information content (AvgIpc) is 2.29. The Hall–Kier alpha value is -1.11. The Kier molecular flexibility index (Phi) is 4.72. The molecule has 1 aromatic rings. The number of aryl methyl sites for hydroxylation is 2. The van der Waals surface area contributed by atoms with Crippen molar-refractivity contribution in [1.29, 1.82) is 0 Å². The third kappa shape index (κ3) is 3.44. The first-order valence-electron chi connectivity index (χ1n) is 5.59. The first-order chi connectivity index (χ1) is 8.27. The van der Waals surface area contributed by atoms with Crippen LogP contribution in [-0.2, 0) is 16.8 Å². The van der Waals surface area contributed by atoms with Gasteiger partial charge in [-0.2, -0.15) is 17.4 Å². The number of benzene rings is 1. The third-order valence-electron chi connectivity index (χ3n) is 2.78. The van der Waals surface area contributed by atoms with Gasteiger partial charge >= 0.3 is 0 Å². The van der Waals surface area contributed by atoms with Crippen LogP contribution >= 0.6 is 0 Å². The molecule has 0 bridgehead atoms. The van der Waals surface area contributed by atoms with Crippen LogP contribution in [0.3, 0.4) is 0 Å². The molecule has 0 radical (unpaired) electrons. The van der Waals surface area contributed by atoms with E-state index in [1.165, 1.54) is 14.1 Å². The van der Waals surface area contributed by atoms with Gasteiger partial charge < -0.3 is 4.74 Å². The van der Waals surface area contributed by atoms with E-state index in [2.05, 4.69) is 4.72 Å². The lowest BCUT2D eigenvalue weighted by Crippen LogP contribution is -2.35. The van der Waals surface area contributed by atoms with Crippen molar-refractivity contribution >= 4 is 10.2 Å². The van der Waals surface area contributed by atoms with Crippen LogP contribution in [0.4, 0.5) is 0 Å². The van der Waals surface area contributed by atoms with E-state index < -0.39 is 10.2 Å². The first kappa shape index (κ1) is 14.9. The van der Waals surface area contributed by atoms with Crippen LogP contribution in [0, 0.1) is 13.8 Å². The highest BCUT2D eigenvalue weighted by Gasteiger charge is 2.13. The van der Waals surface area contributed by atoms with Crippen LogP contribution in [0.5, 0.6) is 5.75 Å². The zero-order chi connectivity index (χ0) is 13.9. The highest BCUT2D eigenvalue weighted by Crippen LogP contribution is 2.22. The van der Waals surface area contributed by atoms with Crippen molar-refractivity contribution in [1.82, 2.24) is 9.03 Å². The molecule has 1 N–H and O–H groups in total. The van der Waals surface area contributed by atoms with Crippen molar-refractivity contribution in [2.75, 3.05) is 21.2 Å². The molecule has 6 heteroatoms. The Balaban J connectivity index is 2.90. The molecule has 5 nitrogen and oxygen atoms in total. The van der Waals surface area contributed by atoms with Crippen LogP contribution < -0.4 is 9.46 Å². The lowest BCUT2D eigenvalue weighted by molar-refractivity contribution is 0.411. The molecule has 1 rings (SSSR count). The minimum Gasteiger partial charge on any atom is -0.496 e. The van der Waals surface area contributed by atoms with Gasteiger partial charge in [-0.1, -0.05) is 6.07 Å². The van der Waals surface area contributed by atoms with Crippen LogP contribution in [-0.4, -0.2) is 33.9 Å². The Morgan fingerprint density at radius 1 is 1.22 bits per heavy atom. The van der Waals surface area contributed by atoms with E-state index in [0.717, 1.165) is 26.7 Å². The Labute approximate surface area is 109 Å². The predicted octanol–water partition coefficient (Wildman–Crippen LogP) is 1.21. The number of rotatable bonds is 5. The Morgan fingerprint density at radius 3 is 2.33 bits per heavy atom. The number of ether oxygens (including phenoxy) is 1. The maximum Gasteiger partial charge on any atom is 0.279 e. The average molecular weight is 272 g/mol. The van der Waals surface area contributed by atoms with Gasteiger partial charge in [0.2, 0.25) is 0 Å². The molecule has 18 heavy (non-hydrogen) atoms. The van der Waals surface area contributed by atoms with E-state index in [1.54, 1.807) is 7.11 Å². The fourth-order valence-corrected chi connectivity index (χ4v) is 2.15. The second-order valence-corrected chi connectivity index (χ2v) is 6.33. The maximum absolute atomic E-state index is 11.6. The summed E-state index contributed by atoms with van der Waals surface area (Å²) in [7, 11) is 1.22. The number of methoxy groups -OCH3 is 1. The van der Waals surface area contributed by atoms with Crippen molar-refractivity contribution < 1.29 is 13.2 Å². The van der Waals surface area contributed by atoms with Crippen molar-refractivity contribution in [3.05, 3.63) is 28.8 Å². The number of hydrogen-bond acceptors (Lipinski definition) is 3. The first-order valence-corrected chi connectivity index (χ1v) is 7.03. The van der Waals surface area contributed by atoms with Crippen LogP contribution in [0.15, 0.2) is 12.1 Å². The van der Waals surface area contributed by atoms with Gasteiger partial charge in [0.05, 0.1) is 7.11 Å². The van der Waals surface area contributed by atoms with Crippen molar-refractivity contribution in [2.24, 2.45) is 0 Å². The molecular weight excluding hydrogens is 252 g/mol. The van der Waals surface area contributed by atoms with Gasteiger partial charge in [-0.15, -0.1) is 0 Å². The fourth-order valence-electron chi connectivity index (χ4n) is 1.56. The van der Waals surface area contributed by atoms with E-state index in [9.17, 15) is 8.42 Å². The summed E-state index contributed by atoms with van der Waals surface area (Å²) < 4.78 is 32.1. The van der Waals surface area contributed by atoms with Crippen LogP contribution in [0.2, 0.25) is 0 Å². The largest absolute Gasteiger partial charge is 0.496 e. The Bertz CT molecular complexity index is 524. The Morgan fingerprint density at radius 2 is 1.83 bits per heavy atom. The lowest BCUT2D eigenvalue weighted by atomic mass is 10.0. The van der Waals surface area contributed by atoms with Gasteiger partial charge in [0.15, 0.2) is 0 Å². The molecule has 0 saturated heterocycles. The smallest absolute Gasteiger partial charge is 0.279 e. The third-order valence-corrected chi connectivity index (χ3v) is 4.25. The molecule has 0 aromatic heterocycles. The summed E-state index contributed by atoms with van der Waals surface area (Å²) in [5, 5.41) is 0. The highest BCUT2D eigenvalue weighted by atomic mass is 32.2. The molecule has 0 atom stereocenters. The van der Waals surface area contributed by atoms with Crippen molar-refractivity contribution in [2.45, 2.75) is 20.4 Å². The van der Waals surface area contributed by atoms with Gasteiger partial charge in [0.25, 0.3) is 10.2 Å². The second-order valence-electron chi connectivity index (χ2n) is 4.36. The summed E-state index contributed by atoms with van der Waals surface area (Å²) in [6, 6.07) is 3.85. The molecule has 0 unspecified atom stereocenters. The van der Waals surface area contributed by atoms with Gasteiger partial charge in [0.1, 0.15) is 5.75 Å². The minimum atomic E-state index is -3.39. The standard InChI is InChI=1S/C12H20N2O3S/c1-9-7-12(17-5)10(2)6-11(9)8-13-18(15,16)14(3)4/h6-7,13H,8H2,1-5H3. The zero-order valence-electron chi connectivity index (χ0n) is 11.4. The molecule has 0 spiro atoms. The summed E-state index contributed by atoms with van der Waals surface area (Å²) in [6.07, 6.45) is 0. The molecule has 102 valence electrons. The number of nitrogens with zero attached hydrogens (tertiary/aromatic N) is 1. The van der Waals surface area contributed by atoms with Crippen LogP contribution in [0.1, 0.15) is 16.7 Å². The monoisotopic (exact) mass is 272 g/mol. The predicted molar refractivity (Wildman–Crippen MR) is 71.9 cm³/mol. The quantitative estimate of drug-likeness (QED) is 0.876. The molecular formula is C12H20N2O3S. The molecule has 0 aliphatic heterocycles. The van der Waals surface area contributed by atoms with Gasteiger partial charge in [-0.05, 0) is 36.6 Å². The summed E-state index contributed by atoms with van der Waals surface area (Å²) in [5.74, 6) is 0.812. The fraction of sp³-hybridized carbons (Fsp3) is 0.500. The number of hydrogen-bond donors (Lipinski definition) is 1. The molecule has 0 heterocycles. The van der Waals surface area contributed by atoms with E-state index in [0.29, 0.717) is 0 Å². The molecule has 1 aromatic carbocycles. The minimum absolute atomic E-state index is 0.275. The summed E-state index contributed by atoms with van der Waals surface area (Å²) in [5.41, 5.74) is 2.93.